The lowest BCUT2D eigenvalue weighted by atomic mass is 10.1. The maximum Gasteiger partial charge on any atom is 0.277 e. The normalized spacial score (nSPS) is 12.0. The molecule has 128 valence electrons. The number of hydrogen-bond donors (Lipinski definition) is 1. The van der Waals surface area contributed by atoms with Crippen molar-refractivity contribution in [1.29, 1.82) is 0 Å². The van der Waals surface area contributed by atoms with Gasteiger partial charge in [0.25, 0.3) is 5.22 Å². The van der Waals surface area contributed by atoms with Crippen molar-refractivity contribution in [3.05, 3.63) is 53.2 Å². The molecular formula is C17H15ClN4O2S. The fourth-order valence-corrected chi connectivity index (χ4v) is 2.75. The number of benzene rings is 1. The topological polar surface area (TPSA) is 80.9 Å². The number of aryl methyl sites for hydroxylation is 1. The van der Waals surface area contributed by atoms with E-state index in [1.807, 2.05) is 31.2 Å². The van der Waals surface area contributed by atoms with E-state index >= 15 is 0 Å². The van der Waals surface area contributed by atoms with Crippen LogP contribution in [0.1, 0.15) is 12.5 Å². The molecule has 25 heavy (non-hydrogen) atoms. The molecule has 0 spiro atoms. The number of carbonyl (C=O) groups excluding carboxylic acids is 1. The predicted octanol–water partition coefficient (Wildman–Crippen LogP) is 4.21. The maximum absolute atomic E-state index is 12.2. The van der Waals surface area contributed by atoms with Crippen molar-refractivity contribution in [2.45, 2.75) is 24.3 Å². The van der Waals surface area contributed by atoms with E-state index in [-0.39, 0.29) is 5.91 Å². The van der Waals surface area contributed by atoms with Crippen LogP contribution in [0.25, 0.3) is 11.5 Å². The van der Waals surface area contributed by atoms with Crippen molar-refractivity contribution >= 4 is 35.1 Å². The van der Waals surface area contributed by atoms with Crippen LogP contribution in [0.5, 0.6) is 0 Å². The molecule has 0 aliphatic carbocycles. The molecule has 1 N–H and O–H groups in total. The summed E-state index contributed by atoms with van der Waals surface area (Å²) in [6.07, 6.45) is 1.47. The zero-order chi connectivity index (χ0) is 17.8. The van der Waals surface area contributed by atoms with Gasteiger partial charge in [-0.05, 0) is 38.1 Å². The molecule has 0 aliphatic rings. The number of nitrogens with one attached hydrogen (secondary N) is 1. The third-order valence-electron chi connectivity index (χ3n) is 3.33. The Kier molecular flexibility index (Phi) is 5.35. The van der Waals surface area contributed by atoms with Crippen LogP contribution in [0, 0.1) is 6.92 Å². The molecule has 0 bridgehead atoms. The Labute approximate surface area is 154 Å². The molecule has 1 atom stereocenters. The number of nitrogens with zero attached hydrogens (tertiary/aromatic N) is 3. The summed E-state index contributed by atoms with van der Waals surface area (Å²) in [5.41, 5.74) is 1.99. The number of anilines is 1. The second-order valence-electron chi connectivity index (χ2n) is 5.35. The van der Waals surface area contributed by atoms with Crippen LogP contribution in [0.15, 0.2) is 52.2 Å². The highest BCUT2D eigenvalue weighted by Gasteiger charge is 2.19. The smallest absolute Gasteiger partial charge is 0.277 e. The summed E-state index contributed by atoms with van der Waals surface area (Å²) >= 11 is 6.96. The van der Waals surface area contributed by atoms with Gasteiger partial charge in [0.1, 0.15) is 5.82 Å². The number of hydrogen-bond acceptors (Lipinski definition) is 6. The van der Waals surface area contributed by atoms with Gasteiger partial charge in [-0.3, -0.25) is 4.79 Å². The molecule has 3 rings (SSSR count). The van der Waals surface area contributed by atoms with E-state index in [0.29, 0.717) is 22.0 Å². The molecule has 6 nitrogen and oxygen atoms in total. The maximum atomic E-state index is 12.2. The van der Waals surface area contributed by atoms with Crippen LogP contribution in [-0.4, -0.2) is 26.3 Å². The molecule has 1 unspecified atom stereocenters. The van der Waals surface area contributed by atoms with E-state index in [0.717, 1.165) is 11.1 Å². The molecule has 0 saturated heterocycles. The Morgan fingerprint density at radius 3 is 2.64 bits per heavy atom. The summed E-state index contributed by atoms with van der Waals surface area (Å²) in [6, 6.07) is 11.1. The minimum absolute atomic E-state index is 0.213. The molecule has 8 heteroatoms. The molecule has 1 aromatic carbocycles. The Balaban J connectivity index is 1.62. The highest BCUT2D eigenvalue weighted by atomic mass is 35.5. The van der Waals surface area contributed by atoms with Gasteiger partial charge in [-0.2, -0.15) is 0 Å². The van der Waals surface area contributed by atoms with Gasteiger partial charge in [0.05, 0.1) is 10.3 Å². The zero-order valence-electron chi connectivity index (χ0n) is 13.6. The summed E-state index contributed by atoms with van der Waals surface area (Å²) in [5, 5.41) is 11.1. The third-order valence-corrected chi connectivity index (χ3v) is 4.49. The van der Waals surface area contributed by atoms with E-state index in [1.54, 1.807) is 19.1 Å². The largest absolute Gasteiger partial charge is 0.411 e. The van der Waals surface area contributed by atoms with Crippen molar-refractivity contribution in [2.24, 2.45) is 0 Å². The van der Waals surface area contributed by atoms with E-state index < -0.39 is 5.25 Å². The van der Waals surface area contributed by atoms with Gasteiger partial charge >= 0.3 is 0 Å². The Hall–Kier alpha value is -2.38. The lowest BCUT2D eigenvalue weighted by Crippen LogP contribution is -2.22. The first-order valence-electron chi connectivity index (χ1n) is 7.51. The molecule has 0 fully saturated rings. The Bertz CT molecular complexity index is 865. The minimum atomic E-state index is -0.427. The first-order chi connectivity index (χ1) is 12.0. The Morgan fingerprint density at radius 1 is 1.20 bits per heavy atom. The molecule has 3 aromatic rings. The molecule has 2 heterocycles. The van der Waals surface area contributed by atoms with Crippen molar-refractivity contribution in [3.63, 3.8) is 0 Å². The second kappa shape index (κ2) is 7.67. The Morgan fingerprint density at radius 2 is 1.96 bits per heavy atom. The minimum Gasteiger partial charge on any atom is -0.411 e. The molecule has 2 aromatic heterocycles. The van der Waals surface area contributed by atoms with E-state index in [2.05, 4.69) is 20.5 Å². The number of carbonyl (C=O) groups is 1. The number of amides is 1. The van der Waals surface area contributed by atoms with Gasteiger partial charge in [-0.25, -0.2) is 4.98 Å². The molecule has 0 aliphatic heterocycles. The summed E-state index contributed by atoms with van der Waals surface area (Å²) in [5.74, 6) is 0.650. The summed E-state index contributed by atoms with van der Waals surface area (Å²) < 4.78 is 5.62. The van der Waals surface area contributed by atoms with Gasteiger partial charge in [0.15, 0.2) is 0 Å². The number of halogens is 1. The van der Waals surface area contributed by atoms with Crippen LogP contribution in [-0.2, 0) is 4.79 Å². The lowest BCUT2D eigenvalue weighted by molar-refractivity contribution is -0.115. The number of rotatable bonds is 5. The SMILES string of the molecule is Cc1ccc(-c2nnc(SC(C)C(=O)Nc3ccc(Cl)cn3)o2)cc1. The van der Waals surface area contributed by atoms with Crippen LogP contribution < -0.4 is 5.32 Å². The standard InChI is InChI=1S/C17H15ClN4O2S/c1-10-3-5-12(6-4-10)16-21-22-17(24-16)25-11(2)15(23)20-14-8-7-13(18)9-19-14/h3-9,11H,1-2H3,(H,19,20,23). The van der Waals surface area contributed by atoms with Crippen LogP contribution >= 0.6 is 23.4 Å². The predicted molar refractivity (Wildman–Crippen MR) is 97.7 cm³/mol. The fourth-order valence-electron chi connectivity index (χ4n) is 1.95. The van der Waals surface area contributed by atoms with Crippen molar-refractivity contribution < 1.29 is 9.21 Å². The van der Waals surface area contributed by atoms with E-state index in [9.17, 15) is 4.79 Å². The number of pyridine rings is 1. The number of aromatic nitrogens is 3. The third kappa shape index (κ3) is 4.58. The van der Waals surface area contributed by atoms with Crippen LogP contribution in [0.2, 0.25) is 5.02 Å². The fraction of sp³-hybridized carbons (Fsp3) is 0.176. The highest BCUT2D eigenvalue weighted by Crippen LogP contribution is 2.26. The molecule has 1 amide bonds. The summed E-state index contributed by atoms with van der Waals surface area (Å²) in [6.45, 7) is 3.76. The van der Waals surface area contributed by atoms with Gasteiger partial charge < -0.3 is 9.73 Å². The average Bonchev–Trinajstić information content (AvgIpc) is 3.06. The quantitative estimate of drug-likeness (QED) is 0.673. The second-order valence-corrected chi connectivity index (χ2v) is 7.08. The van der Waals surface area contributed by atoms with Crippen molar-refractivity contribution in [1.82, 2.24) is 15.2 Å². The number of thioether (sulfide) groups is 1. The summed E-state index contributed by atoms with van der Waals surface area (Å²) in [4.78, 5) is 16.3. The molecule has 0 radical (unpaired) electrons. The van der Waals surface area contributed by atoms with Gasteiger partial charge in [0, 0.05) is 11.8 Å². The van der Waals surface area contributed by atoms with Gasteiger partial charge in [-0.15, -0.1) is 10.2 Å². The van der Waals surface area contributed by atoms with Crippen LogP contribution in [0.3, 0.4) is 0 Å². The van der Waals surface area contributed by atoms with Crippen LogP contribution in [0.4, 0.5) is 5.82 Å². The molecule has 0 saturated carbocycles. The summed E-state index contributed by atoms with van der Waals surface area (Å²) in [7, 11) is 0. The van der Waals surface area contributed by atoms with Gasteiger partial charge in [0.2, 0.25) is 11.8 Å². The van der Waals surface area contributed by atoms with E-state index in [1.165, 1.54) is 18.0 Å². The van der Waals surface area contributed by atoms with E-state index in [4.69, 9.17) is 16.0 Å². The zero-order valence-corrected chi connectivity index (χ0v) is 15.1. The van der Waals surface area contributed by atoms with Gasteiger partial charge in [-0.1, -0.05) is 41.1 Å². The van der Waals surface area contributed by atoms with Crippen molar-refractivity contribution in [2.75, 3.05) is 5.32 Å². The van der Waals surface area contributed by atoms with Crippen molar-refractivity contribution in [3.8, 4) is 11.5 Å². The highest BCUT2D eigenvalue weighted by molar-refractivity contribution is 8.00. The average molecular weight is 375 g/mol. The first-order valence-corrected chi connectivity index (χ1v) is 8.76. The lowest BCUT2D eigenvalue weighted by Gasteiger charge is -2.09. The molecular weight excluding hydrogens is 360 g/mol. The first kappa shape index (κ1) is 17.4. The monoisotopic (exact) mass is 374 g/mol.